The molecule has 0 spiro atoms. The van der Waals surface area contributed by atoms with Crippen LogP contribution in [-0.2, 0) is 25.7 Å². The Hall–Kier alpha value is -2.10. The first kappa shape index (κ1) is 35.4. The third kappa shape index (κ3) is 12.4. The molecule has 8 nitrogen and oxygen atoms in total. The fourth-order valence-electron chi connectivity index (χ4n) is 6.39. The molecule has 0 aliphatic heterocycles. The Kier molecular flexibility index (Phi) is 15.9. The van der Waals surface area contributed by atoms with Crippen molar-refractivity contribution in [1.82, 2.24) is 15.5 Å². The Balaban J connectivity index is 1.71. The summed E-state index contributed by atoms with van der Waals surface area (Å²) in [5.74, 6) is 0.338. The molecule has 2 saturated carbocycles. The number of hydrogen-bond donors (Lipinski definition) is 2. The normalized spacial score (nSPS) is 23.7. The second kappa shape index (κ2) is 19.3. The molecule has 0 heterocycles. The Morgan fingerprint density at radius 3 is 2.23 bits per heavy atom. The summed E-state index contributed by atoms with van der Waals surface area (Å²) in [7, 11) is 0. The molecule has 11 heteroatoms. The fraction of sp³-hybridized carbons (Fsp3) is 0.719. The lowest BCUT2D eigenvalue weighted by atomic mass is 9.81. The SMILES string of the molecule is CCOC(=O)C(CC1CCC(F)CC1)NC(=O)C(CC1CCCC(N(CCCl)CCCl)C1)NC(=O)OCc1ccccc1. The Morgan fingerprint density at radius 2 is 1.58 bits per heavy atom. The van der Waals surface area contributed by atoms with Crippen molar-refractivity contribution in [2.45, 2.75) is 102 Å². The van der Waals surface area contributed by atoms with Gasteiger partial charge in [0.25, 0.3) is 0 Å². The van der Waals surface area contributed by atoms with Crippen LogP contribution in [0.5, 0.6) is 0 Å². The van der Waals surface area contributed by atoms with Crippen molar-refractivity contribution in [1.29, 1.82) is 0 Å². The van der Waals surface area contributed by atoms with E-state index < -0.39 is 36.2 Å². The van der Waals surface area contributed by atoms with E-state index in [2.05, 4.69) is 15.5 Å². The van der Waals surface area contributed by atoms with Crippen molar-refractivity contribution < 1.29 is 28.2 Å². The minimum Gasteiger partial charge on any atom is -0.464 e. The van der Waals surface area contributed by atoms with E-state index in [1.165, 1.54) is 0 Å². The maximum absolute atomic E-state index is 13.8. The molecule has 1 aromatic rings. The number of carbonyl (C=O) groups excluding carboxylic acids is 3. The molecular formula is C32H48Cl2FN3O5. The third-order valence-electron chi connectivity index (χ3n) is 8.64. The van der Waals surface area contributed by atoms with E-state index in [1.807, 2.05) is 30.3 Å². The van der Waals surface area contributed by atoms with Crippen molar-refractivity contribution >= 4 is 41.2 Å². The van der Waals surface area contributed by atoms with Gasteiger partial charge in [0.1, 0.15) is 24.9 Å². The summed E-state index contributed by atoms with van der Waals surface area (Å²) in [4.78, 5) is 41.9. The van der Waals surface area contributed by atoms with Crippen LogP contribution < -0.4 is 10.6 Å². The van der Waals surface area contributed by atoms with Crippen molar-refractivity contribution in [2.75, 3.05) is 31.5 Å². The summed E-state index contributed by atoms with van der Waals surface area (Å²) in [5.41, 5.74) is 0.831. The van der Waals surface area contributed by atoms with Crippen LogP contribution in [0.25, 0.3) is 0 Å². The van der Waals surface area contributed by atoms with E-state index in [1.54, 1.807) is 6.92 Å². The van der Waals surface area contributed by atoms with Gasteiger partial charge in [-0.3, -0.25) is 9.69 Å². The van der Waals surface area contributed by atoms with Crippen molar-refractivity contribution in [3.8, 4) is 0 Å². The number of nitrogens with one attached hydrogen (secondary N) is 2. The number of ether oxygens (including phenoxy) is 2. The maximum Gasteiger partial charge on any atom is 0.408 e. The van der Waals surface area contributed by atoms with E-state index >= 15 is 0 Å². The van der Waals surface area contributed by atoms with Crippen LogP contribution in [0.2, 0.25) is 0 Å². The molecule has 3 rings (SSSR count). The molecular weight excluding hydrogens is 596 g/mol. The van der Waals surface area contributed by atoms with Crippen LogP contribution in [0, 0.1) is 11.8 Å². The Labute approximate surface area is 265 Å². The smallest absolute Gasteiger partial charge is 0.408 e. The molecule has 4 atom stereocenters. The summed E-state index contributed by atoms with van der Waals surface area (Å²) >= 11 is 12.1. The molecule has 2 aliphatic rings. The van der Waals surface area contributed by atoms with Crippen LogP contribution in [0.1, 0.15) is 76.7 Å². The van der Waals surface area contributed by atoms with Gasteiger partial charge in [0.2, 0.25) is 5.91 Å². The number of alkyl halides is 3. The molecule has 0 bridgehead atoms. The van der Waals surface area contributed by atoms with Gasteiger partial charge in [-0.15, -0.1) is 23.2 Å². The lowest BCUT2D eigenvalue weighted by Gasteiger charge is -2.38. The number of carbonyl (C=O) groups is 3. The third-order valence-corrected chi connectivity index (χ3v) is 8.98. The van der Waals surface area contributed by atoms with Gasteiger partial charge >= 0.3 is 12.1 Å². The van der Waals surface area contributed by atoms with Crippen LogP contribution in [-0.4, -0.2) is 78.6 Å². The summed E-state index contributed by atoms with van der Waals surface area (Å²) in [6.07, 6.45) is 5.29. The predicted octanol–water partition coefficient (Wildman–Crippen LogP) is 5.98. The van der Waals surface area contributed by atoms with Crippen LogP contribution >= 0.6 is 23.2 Å². The van der Waals surface area contributed by atoms with Gasteiger partial charge in [0.05, 0.1) is 6.61 Å². The molecule has 4 unspecified atom stereocenters. The number of esters is 1. The molecule has 2 amide bonds. The van der Waals surface area contributed by atoms with Gasteiger partial charge in [-0.1, -0.05) is 43.2 Å². The summed E-state index contributed by atoms with van der Waals surface area (Å²) in [5, 5.41) is 5.66. The number of hydrogen-bond acceptors (Lipinski definition) is 6. The van der Waals surface area contributed by atoms with Crippen molar-refractivity contribution in [3.63, 3.8) is 0 Å². The molecule has 2 aliphatic carbocycles. The minimum absolute atomic E-state index is 0.0705. The fourth-order valence-corrected chi connectivity index (χ4v) is 6.83. The van der Waals surface area contributed by atoms with Crippen LogP contribution in [0.15, 0.2) is 30.3 Å². The molecule has 242 valence electrons. The number of benzene rings is 1. The topological polar surface area (TPSA) is 97.0 Å². The van der Waals surface area contributed by atoms with E-state index in [0.717, 1.165) is 44.3 Å². The second-order valence-corrected chi connectivity index (χ2v) is 12.5. The van der Waals surface area contributed by atoms with Gasteiger partial charge < -0.3 is 20.1 Å². The highest BCUT2D eigenvalue weighted by atomic mass is 35.5. The lowest BCUT2D eigenvalue weighted by molar-refractivity contribution is -0.148. The largest absolute Gasteiger partial charge is 0.464 e. The zero-order valence-corrected chi connectivity index (χ0v) is 26.8. The standard InChI is InChI=1S/C32H48Cl2FN3O5/c1-2-42-31(40)29(20-23-11-13-26(35)14-12-23)36-30(39)28(37-32(41)43-22-24-7-4-3-5-8-24)21-25-9-6-10-27(19-25)38(17-15-33)18-16-34/h3-5,7-8,23,25-29H,2,6,9-22H2,1H3,(H,36,39)(H,37,41). The molecule has 2 fully saturated rings. The number of halogens is 3. The number of rotatable bonds is 16. The van der Waals surface area contributed by atoms with E-state index in [9.17, 15) is 18.8 Å². The van der Waals surface area contributed by atoms with Gasteiger partial charge in [-0.2, -0.15) is 0 Å². The average molecular weight is 645 g/mol. The zero-order chi connectivity index (χ0) is 31.0. The lowest BCUT2D eigenvalue weighted by Crippen LogP contribution is -2.53. The van der Waals surface area contributed by atoms with E-state index in [4.69, 9.17) is 32.7 Å². The quantitative estimate of drug-likeness (QED) is 0.170. The van der Waals surface area contributed by atoms with Gasteiger partial charge in [0, 0.05) is 30.9 Å². The first-order valence-electron chi connectivity index (χ1n) is 15.8. The average Bonchev–Trinajstić information content (AvgIpc) is 3.01. The monoisotopic (exact) mass is 643 g/mol. The van der Waals surface area contributed by atoms with Crippen LogP contribution in [0.3, 0.4) is 0 Å². The molecule has 0 radical (unpaired) electrons. The number of nitrogens with zero attached hydrogens (tertiary/aromatic N) is 1. The van der Waals surface area contributed by atoms with E-state index in [-0.39, 0.29) is 25.0 Å². The summed E-state index contributed by atoms with van der Waals surface area (Å²) in [6, 6.07) is 7.83. The molecule has 1 aromatic carbocycles. The van der Waals surface area contributed by atoms with Gasteiger partial charge in [-0.25, -0.2) is 14.0 Å². The van der Waals surface area contributed by atoms with Gasteiger partial charge in [0.15, 0.2) is 0 Å². The highest BCUT2D eigenvalue weighted by molar-refractivity contribution is 6.18. The highest BCUT2D eigenvalue weighted by Gasteiger charge is 2.34. The molecule has 0 aromatic heterocycles. The minimum atomic E-state index is -0.903. The second-order valence-electron chi connectivity index (χ2n) is 11.8. The van der Waals surface area contributed by atoms with Crippen molar-refractivity contribution in [2.24, 2.45) is 11.8 Å². The molecule has 43 heavy (non-hydrogen) atoms. The predicted molar refractivity (Wildman–Crippen MR) is 167 cm³/mol. The first-order chi connectivity index (χ1) is 20.8. The van der Waals surface area contributed by atoms with Gasteiger partial charge in [-0.05, 0) is 75.7 Å². The molecule has 0 saturated heterocycles. The Bertz CT molecular complexity index is 977. The van der Waals surface area contributed by atoms with Crippen molar-refractivity contribution in [3.05, 3.63) is 35.9 Å². The van der Waals surface area contributed by atoms with E-state index in [0.29, 0.717) is 56.3 Å². The number of alkyl carbamates (subject to hydrolysis) is 1. The summed E-state index contributed by atoms with van der Waals surface area (Å²) < 4.78 is 24.5. The van der Waals surface area contributed by atoms with Crippen LogP contribution in [0.4, 0.5) is 9.18 Å². The zero-order valence-electron chi connectivity index (χ0n) is 25.3. The summed E-state index contributed by atoms with van der Waals surface area (Å²) in [6.45, 7) is 3.45. The highest BCUT2D eigenvalue weighted by Crippen LogP contribution is 2.32. The number of amides is 2. The molecule has 2 N–H and O–H groups in total. The first-order valence-corrected chi connectivity index (χ1v) is 16.8. The Morgan fingerprint density at radius 1 is 0.907 bits per heavy atom. The maximum atomic E-state index is 13.8.